The zero-order chi connectivity index (χ0) is 14.2. The van der Waals surface area contributed by atoms with Gasteiger partial charge in [0.2, 0.25) is 0 Å². The summed E-state index contributed by atoms with van der Waals surface area (Å²) >= 11 is 0. The molecule has 0 aliphatic heterocycles. The number of benzene rings is 1. The number of imidazole rings is 1. The summed E-state index contributed by atoms with van der Waals surface area (Å²) in [6.45, 7) is 1.66. The zero-order valence-corrected chi connectivity index (χ0v) is 9.77. The minimum atomic E-state index is -4.60. The molecule has 0 radical (unpaired) electrons. The molecule has 0 aliphatic carbocycles. The van der Waals surface area contributed by atoms with Crippen molar-refractivity contribution in [1.82, 2.24) is 9.55 Å². The Bertz CT molecular complexity index is 632. The number of aromatic carboxylic acids is 1. The molecular formula is C12H9F3N2O2. The van der Waals surface area contributed by atoms with Crippen molar-refractivity contribution in [1.29, 1.82) is 0 Å². The van der Waals surface area contributed by atoms with E-state index in [2.05, 4.69) is 4.98 Å². The molecule has 0 atom stereocenters. The molecule has 0 saturated heterocycles. The molecule has 2 rings (SSSR count). The minimum absolute atomic E-state index is 0.113. The van der Waals surface area contributed by atoms with Crippen molar-refractivity contribution >= 4 is 5.97 Å². The van der Waals surface area contributed by atoms with Crippen LogP contribution in [0.4, 0.5) is 13.2 Å². The average Bonchev–Trinajstić information content (AvgIpc) is 2.73. The molecule has 1 N–H and O–H groups in total. The molecule has 0 saturated carbocycles. The number of nitrogens with zero attached hydrogens (tertiary/aromatic N) is 2. The van der Waals surface area contributed by atoms with Gasteiger partial charge in [-0.2, -0.15) is 13.2 Å². The maximum atomic E-state index is 12.7. The first-order valence-electron chi connectivity index (χ1n) is 5.24. The highest BCUT2D eigenvalue weighted by molar-refractivity contribution is 5.88. The van der Waals surface area contributed by atoms with Crippen LogP contribution in [0.2, 0.25) is 0 Å². The summed E-state index contributed by atoms with van der Waals surface area (Å²) in [5, 5.41) is 8.87. The first-order chi connectivity index (χ1) is 8.79. The first-order valence-corrected chi connectivity index (χ1v) is 5.24. The van der Waals surface area contributed by atoms with Crippen LogP contribution in [0.3, 0.4) is 0 Å². The molecule has 100 valence electrons. The van der Waals surface area contributed by atoms with Crippen LogP contribution in [0.25, 0.3) is 5.69 Å². The molecule has 0 unspecified atom stereocenters. The fourth-order valence-electron chi connectivity index (χ4n) is 1.67. The Hall–Kier alpha value is -2.31. The van der Waals surface area contributed by atoms with E-state index in [0.717, 1.165) is 6.07 Å². The maximum absolute atomic E-state index is 12.7. The summed E-state index contributed by atoms with van der Waals surface area (Å²) in [5.41, 5.74) is -0.702. The predicted octanol–water partition coefficient (Wildman–Crippen LogP) is 2.90. The molecular weight excluding hydrogens is 261 g/mol. The van der Waals surface area contributed by atoms with E-state index >= 15 is 0 Å². The second kappa shape index (κ2) is 4.42. The number of carboxylic acid groups (broad SMARTS) is 1. The van der Waals surface area contributed by atoms with Gasteiger partial charge >= 0.3 is 12.1 Å². The molecule has 1 aromatic carbocycles. The lowest BCUT2D eigenvalue weighted by molar-refractivity contribution is -0.137. The van der Waals surface area contributed by atoms with Gasteiger partial charge in [-0.1, -0.05) is 0 Å². The Morgan fingerprint density at radius 3 is 2.47 bits per heavy atom. The number of hydrogen-bond donors (Lipinski definition) is 1. The third-order valence-electron chi connectivity index (χ3n) is 2.59. The van der Waals surface area contributed by atoms with Gasteiger partial charge < -0.3 is 9.67 Å². The van der Waals surface area contributed by atoms with Gasteiger partial charge in [0, 0.05) is 17.6 Å². The fraction of sp³-hybridized carbons (Fsp3) is 0.167. The maximum Gasteiger partial charge on any atom is 0.416 e. The van der Waals surface area contributed by atoms with Crippen molar-refractivity contribution in [3.63, 3.8) is 0 Å². The smallest absolute Gasteiger partial charge is 0.416 e. The van der Waals surface area contributed by atoms with E-state index in [-0.39, 0.29) is 5.69 Å². The molecule has 2 aromatic rings. The molecule has 0 bridgehead atoms. The van der Waals surface area contributed by atoms with Gasteiger partial charge in [0.1, 0.15) is 0 Å². The van der Waals surface area contributed by atoms with Gasteiger partial charge in [-0.15, -0.1) is 0 Å². The number of aromatic nitrogens is 2. The van der Waals surface area contributed by atoms with E-state index in [1.54, 1.807) is 6.92 Å². The Balaban J connectivity index is 2.65. The van der Waals surface area contributed by atoms with Gasteiger partial charge in [0.25, 0.3) is 0 Å². The SMILES string of the molecule is Cc1cncn1-c1cc(C(=O)O)cc(C(F)(F)F)c1. The minimum Gasteiger partial charge on any atom is -0.478 e. The molecule has 0 fully saturated rings. The zero-order valence-electron chi connectivity index (χ0n) is 9.77. The van der Waals surface area contributed by atoms with Crippen LogP contribution in [0.15, 0.2) is 30.7 Å². The van der Waals surface area contributed by atoms with E-state index < -0.39 is 23.3 Å². The number of aryl methyl sites for hydroxylation is 1. The highest BCUT2D eigenvalue weighted by Gasteiger charge is 2.32. The van der Waals surface area contributed by atoms with Crippen LogP contribution in [0.1, 0.15) is 21.6 Å². The summed E-state index contributed by atoms with van der Waals surface area (Å²) in [7, 11) is 0. The number of rotatable bonds is 2. The highest BCUT2D eigenvalue weighted by Crippen LogP contribution is 2.31. The summed E-state index contributed by atoms with van der Waals surface area (Å²) in [5.74, 6) is -1.41. The van der Waals surface area contributed by atoms with Gasteiger partial charge in [-0.05, 0) is 25.1 Å². The standard InChI is InChI=1S/C12H9F3N2O2/c1-7-5-16-6-17(7)10-3-8(11(18)19)2-9(4-10)12(13,14)15/h2-6H,1H3,(H,18,19). The van der Waals surface area contributed by atoms with Gasteiger partial charge in [-0.3, -0.25) is 0 Å². The van der Waals surface area contributed by atoms with Crippen molar-refractivity contribution in [3.05, 3.63) is 47.5 Å². The number of hydrogen-bond acceptors (Lipinski definition) is 2. The Morgan fingerprint density at radius 1 is 1.32 bits per heavy atom. The molecule has 0 aliphatic rings. The van der Waals surface area contributed by atoms with Gasteiger partial charge in [-0.25, -0.2) is 9.78 Å². The molecule has 7 heteroatoms. The third-order valence-corrected chi connectivity index (χ3v) is 2.59. The summed E-state index contributed by atoms with van der Waals surface area (Å²) in [6.07, 6.45) is -1.80. The second-order valence-corrected chi connectivity index (χ2v) is 3.98. The lowest BCUT2D eigenvalue weighted by atomic mass is 10.1. The van der Waals surface area contributed by atoms with Crippen LogP contribution < -0.4 is 0 Å². The third kappa shape index (κ3) is 2.59. The van der Waals surface area contributed by atoms with E-state index in [4.69, 9.17) is 5.11 Å². The van der Waals surface area contributed by atoms with Gasteiger partial charge in [0.05, 0.1) is 17.5 Å². The predicted molar refractivity (Wildman–Crippen MR) is 60.3 cm³/mol. The largest absolute Gasteiger partial charge is 0.478 e. The number of halogens is 3. The molecule has 1 heterocycles. The Labute approximate surface area is 106 Å². The van der Waals surface area contributed by atoms with Crippen LogP contribution >= 0.6 is 0 Å². The fourth-order valence-corrected chi connectivity index (χ4v) is 1.67. The van der Waals surface area contributed by atoms with Crippen LogP contribution in [-0.2, 0) is 6.18 Å². The van der Waals surface area contributed by atoms with Crippen molar-refractivity contribution in [2.75, 3.05) is 0 Å². The quantitative estimate of drug-likeness (QED) is 0.912. The summed E-state index contributed by atoms with van der Waals surface area (Å²) in [6, 6.07) is 2.67. The van der Waals surface area contributed by atoms with E-state index in [1.165, 1.54) is 23.2 Å². The lowest BCUT2D eigenvalue weighted by Gasteiger charge is -2.12. The Kier molecular flexibility index (Phi) is 3.05. The molecule has 4 nitrogen and oxygen atoms in total. The van der Waals surface area contributed by atoms with Crippen LogP contribution in [0.5, 0.6) is 0 Å². The summed E-state index contributed by atoms with van der Waals surface area (Å²) < 4.78 is 39.6. The van der Waals surface area contributed by atoms with Crippen LogP contribution in [0, 0.1) is 6.92 Å². The highest BCUT2D eigenvalue weighted by atomic mass is 19.4. The molecule has 0 spiro atoms. The van der Waals surface area contributed by atoms with Crippen LogP contribution in [-0.4, -0.2) is 20.6 Å². The summed E-state index contributed by atoms with van der Waals surface area (Å²) in [4.78, 5) is 14.7. The molecule has 0 amide bonds. The Morgan fingerprint density at radius 2 is 2.00 bits per heavy atom. The monoisotopic (exact) mass is 270 g/mol. The van der Waals surface area contributed by atoms with Crippen molar-refractivity contribution in [2.45, 2.75) is 13.1 Å². The van der Waals surface area contributed by atoms with Gasteiger partial charge in [0.15, 0.2) is 0 Å². The normalized spacial score (nSPS) is 11.6. The lowest BCUT2D eigenvalue weighted by Crippen LogP contribution is -2.10. The van der Waals surface area contributed by atoms with Crippen molar-refractivity contribution < 1.29 is 23.1 Å². The van der Waals surface area contributed by atoms with Crippen molar-refractivity contribution in [3.8, 4) is 5.69 Å². The average molecular weight is 270 g/mol. The van der Waals surface area contributed by atoms with Crippen molar-refractivity contribution in [2.24, 2.45) is 0 Å². The number of carboxylic acids is 1. The number of carbonyl (C=O) groups is 1. The van der Waals surface area contributed by atoms with E-state index in [1.807, 2.05) is 0 Å². The van der Waals surface area contributed by atoms with E-state index in [9.17, 15) is 18.0 Å². The van der Waals surface area contributed by atoms with E-state index in [0.29, 0.717) is 11.8 Å². The molecule has 1 aromatic heterocycles. The first kappa shape index (κ1) is 13.1. The topological polar surface area (TPSA) is 55.1 Å². The molecule has 19 heavy (non-hydrogen) atoms. The number of alkyl halides is 3. The second-order valence-electron chi connectivity index (χ2n) is 3.98.